The first-order valence-electron chi connectivity index (χ1n) is 5.18. The molecule has 0 atom stereocenters. The third kappa shape index (κ3) is 1.90. The van der Waals surface area contributed by atoms with Gasteiger partial charge in [-0.25, -0.2) is 0 Å². The number of hydrogen-bond donors (Lipinski definition) is 2. The zero-order chi connectivity index (χ0) is 12.4. The molecule has 0 fully saturated rings. The topological polar surface area (TPSA) is 115 Å². The lowest BCUT2D eigenvalue weighted by Gasteiger charge is -2.05. The molecule has 90 valence electrons. The Balaban J connectivity index is 1.88. The summed E-state index contributed by atoms with van der Waals surface area (Å²) in [5.74, 6) is 0.396. The van der Waals surface area contributed by atoms with Gasteiger partial charge in [0.1, 0.15) is 6.61 Å². The van der Waals surface area contributed by atoms with Crippen molar-refractivity contribution in [1.29, 1.82) is 0 Å². The van der Waals surface area contributed by atoms with Crippen molar-refractivity contribution in [3.63, 3.8) is 0 Å². The molecule has 0 radical (unpaired) electrons. The first-order valence-corrected chi connectivity index (χ1v) is 5.18. The van der Waals surface area contributed by atoms with E-state index >= 15 is 0 Å². The summed E-state index contributed by atoms with van der Waals surface area (Å²) < 4.78 is 5.55. The maximum absolute atomic E-state index is 5.56. The van der Waals surface area contributed by atoms with Gasteiger partial charge in [0.2, 0.25) is 17.5 Å². The van der Waals surface area contributed by atoms with Crippen LogP contribution in [0.5, 0.6) is 5.88 Å². The lowest BCUT2D eigenvalue weighted by Crippen LogP contribution is -2.02. The van der Waals surface area contributed by atoms with E-state index in [1.54, 1.807) is 12.4 Å². The highest BCUT2D eigenvalue weighted by atomic mass is 16.5. The Bertz CT molecular complexity index is 666. The van der Waals surface area contributed by atoms with E-state index < -0.39 is 0 Å². The standard InChI is InChI=1S/C10H9N7O/c11-10-13-8-7(15-17-16-8)9(14-10)18-5-6-2-1-3-12-4-6/h1-4H,5H2,(H3,11,13,14,15,16,17). The van der Waals surface area contributed by atoms with Crippen LogP contribution in [0.15, 0.2) is 24.5 Å². The van der Waals surface area contributed by atoms with Crippen molar-refractivity contribution in [3.8, 4) is 5.88 Å². The summed E-state index contributed by atoms with van der Waals surface area (Å²) >= 11 is 0. The van der Waals surface area contributed by atoms with Crippen molar-refractivity contribution in [1.82, 2.24) is 30.4 Å². The minimum atomic E-state index is 0.0950. The van der Waals surface area contributed by atoms with Crippen molar-refractivity contribution in [3.05, 3.63) is 30.1 Å². The molecule has 8 nitrogen and oxygen atoms in total. The van der Waals surface area contributed by atoms with Crippen LogP contribution >= 0.6 is 0 Å². The number of hydrogen-bond acceptors (Lipinski definition) is 7. The summed E-state index contributed by atoms with van der Waals surface area (Å²) in [5.41, 5.74) is 7.31. The number of pyridine rings is 1. The van der Waals surface area contributed by atoms with Gasteiger partial charge in [0.05, 0.1) is 0 Å². The van der Waals surface area contributed by atoms with Gasteiger partial charge in [0.15, 0.2) is 5.52 Å². The van der Waals surface area contributed by atoms with Crippen LogP contribution in [0.25, 0.3) is 11.2 Å². The van der Waals surface area contributed by atoms with Gasteiger partial charge in [-0.1, -0.05) is 6.07 Å². The molecule has 3 N–H and O–H groups in total. The molecule has 3 aromatic heterocycles. The maximum atomic E-state index is 5.56. The second kappa shape index (κ2) is 4.24. The van der Waals surface area contributed by atoms with Crippen molar-refractivity contribution in [2.45, 2.75) is 6.61 Å². The SMILES string of the molecule is Nc1nc(OCc2cccnc2)c2n[nH]nc2n1. The molecule has 0 bridgehead atoms. The second-order valence-corrected chi connectivity index (χ2v) is 3.53. The van der Waals surface area contributed by atoms with Crippen molar-refractivity contribution >= 4 is 17.1 Å². The number of fused-ring (bicyclic) bond motifs is 1. The normalized spacial score (nSPS) is 10.7. The van der Waals surface area contributed by atoms with E-state index in [-0.39, 0.29) is 5.95 Å². The molecular weight excluding hydrogens is 234 g/mol. The largest absolute Gasteiger partial charge is 0.471 e. The number of nitrogen functional groups attached to an aromatic ring is 1. The Morgan fingerprint density at radius 1 is 1.28 bits per heavy atom. The average Bonchev–Trinajstić information content (AvgIpc) is 2.85. The fourth-order valence-corrected chi connectivity index (χ4v) is 1.47. The number of nitrogens with one attached hydrogen (secondary N) is 1. The van der Waals surface area contributed by atoms with Crippen molar-refractivity contribution in [2.75, 3.05) is 5.73 Å². The molecule has 0 aliphatic heterocycles. The van der Waals surface area contributed by atoms with E-state index in [0.717, 1.165) is 5.56 Å². The molecule has 0 amide bonds. The number of aromatic nitrogens is 6. The van der Waals surface area contributed by atoms with Gasteiger partial charge in [0, 0.05) is 18.0 Å². The van der Waals surface area contributed by atoms with Gasteiger partial charge in [-0.15, -0.1) is 10.2 Å². The molecule has 0 aromatic carbocycles. The summed E-state index contributed by atoms with van der Waals surface area (Å²) in [6.45, 7) is 0.326. The number of nitrogens with zero attached hydrogens (tertiary/aromatic N) is 5. The number of nitrogens with two attached hydrogens (primary N) is 1. The van der Waals surface area contributed by atoms with Crippen LogP contribution in [0, 0.1) is 0 Å². The van der Waals surface area contributed by atoms with Crippen LogP contribution in [0.1, 0.15) is 5.56 Å². The first-order chi connectivity index (χ1) is 8.83. The summed E-state index contributed by atoms with van der Waals surface area (Å²) in [7, 11) is 0. The minimum Gasteiger partial charge on any atom is -0.471 e. The highest BCUT2D eigenvalue weighted by molar-refractivity contribution is 5.75. The van der Waals surface area contributed by atoms with Crippen LogP contribution < -0.4 is 10.5 Å². The lowest BCUT2D eigenvalue weighted by molar-refractivity contribution is 0.297. The van der Waals surface area contributed by atoms with Gasteiger partial charge in [-0.3, -0.25) is 4.98 Å². The summed E-state index contributed by atoms with van der Waals surface area (Å²) in [4.78, 5) is 11.9. The zero-order valence-electron chi connectivity index (χ0n) is 9.24. The molecule has 0 aliphatic rings. The van der Waals surface area contributed by atoms with Gasteiger partial charge >= 0.3 is 0 Å². The number of aromatic amines is 1. The van der Waals surface area contributed by atoms with Crippen LogP contribution in [0.2, 0.25) is 0 Å². The summed E-state index contributed by atoms with van der Waals surface area (Å²) in [6, 6.07) is 3.73. The quantitative estimate of drug-likeness (QED) is 0.679. The molecule has 8 heteroatoms. The third-order valence-electron chi connectivity index (χ3n) is 2.27. The molecule has 0 spiro atoms. The maximum Gasteiger partial charge on any atom is 0.249 e. The Morgan fingerprint density at radius 2 is 2.22 bits per heavy atom. The van der Waals surface area contributed by atoms with E-state index in [0.29, 0.717) is 23.7 Å². The number of rotatable bonds is 3. The van der Waals surface area contributed by atoms with Gasteiger partial charge < -0.3 is 10.5 Å². The Labute approximate surface area is 101 Å². The van der Waals surface area contributed by atoms with E-state index in [2.05, 4.69) is 30.4 Å². The molecule has 3 heterocycles. The Hall–Kier alpha value is -2.77. The smallest absolute Gasteiger partial charge is 0.249 e. The molecule has 0 saturated carbocycles. The fraction of sp³-hybridized carbons (Fsp3) is 0.100. The van der Waals surface area contributed by atoms with Gasteiger partial charge in [-0.2, -0.15) is 15.2 Å². The minimum absolute atomic E-state index is 0.0950. The highest BCUT2D eigenvalue weighted by Gasteiger charge is 2.11. The first kappa shape index (κ1) is 10.4. The van der Waals surface area contributed by atoms with Gasteiger partial charge in [-0.05, 0) is 6.07 Å². The number of ether oxygens (including phenoxy) is 1. The van der Waals surface area contributed by atoms with Crippen LogP contribution in [0.3, 0.4) is 0 Å². The third-order valence-corrected chi connectivity index (χ3v) is 2.27. The molecule has 3 rings (SSSR count). The van der Waals surface area contributed by atoms with Crippen LogP contribution in [-0.2, 0) is 6.61 Å². The Kier molecular flexibility index (Phi) is 2.45. The van der Waals surface area contributed by atoms with Crippen LogP contribution in [-0.4, -0.2) is 30.4 Å². The molecule has 3 aromatic rings. The predicted molar refractivity (Wildman–Crippen MR) is 62.5 cm³/mol. The van der Waals surface area contributed by atoms with Gasteiger partial charge in [0.25, 0.3) is 0 Å². The van der Waals surface area contributed by atoms with E-state index in [9.17, 15) is 0 Å². The second-order valence-electron chi connectivity index (χ2n) is 3.53. The number of H-pyrrole nitrogens is 1. The van der Waals surface area contributed by atoms with E-state index in [1.165, 1.54) is 0 Å². The molecule has 0 aliphatic carbocycles. The number of anilines is 1. The zero-order valence-corrected chi connectivity index (χ0v) is 9.24. The fourth-order valence-electron chi connectivity index (χ4n) is 1.47. The predicted octanol–water partition coefficient (Wildman–Crippen LogP) is 0.304. The van der Waals surface area contributed by atoms with E-state index in [1.807, 2.05) is 12.1 Å². The van der Waals surface area contributed by atoms with Crippen molar-refractivity contribution in [2.24, 2.45) is 0 Å². The highest BCUT2D eigenvalue weighted by Crippen LogP contribution is 2.19. The summed E-state index contributed by atoms with van der Waals surface area (Å²) in [5, 5.41) is 10.2. The van der Waals surface area contributed by atoms with Crippen LogP contribution in [0.4, 0.5) is 5.95 Å². The molecule has 0 unspecified atom stereocenters. The molecule has 18 heavy (non-hydrogen) atoms. The van der Waals surface area contributed by atoms with E-state index in [4.69, 9.17) is 10.5 Å². The van der Waals surface area contributed by atoms with Crippen molar-refractivity contribution < 1.29 is 4.74 Å². The molecule has 0 saturated heterocycles. The summed E-state index contributed by atoms with van der Waals surface area (Å²) in [6.07, 6.45) is 3.41. The average molecular weight is 243 g/mol. The molecular formula is C10H9N7O. The monoisotopic (exact) mass is 243 g/mol. The lowest BCUT2D eigenvalue weighted by atomic mass is 10.3. The Morgan fingerprint density at radius 3 is 3.06 bits per heavy atom.